The normalized spacial score (nSPS) is 11.7. The molecule has 0 fully saturated rings. The minimum absolute atomic E-state index is 0.768. The van der Waals surface area contributed by atoms with E-state index in [4.69, 9.17) is 15.2 Å². The summed E-state index contributed by atoms with van der Waals surface area (Å²) in [6, 6.07) is 56.9. The standard InChI is InChI=1S/C43H28N6/c1-3-12-28(13-4-1)36-19-11-21-41(45-36)49-39-20-10-8-17-33(39)34-24-22-30(27-40(34)49)43-47-46-42(48(43)31-14-5-2-6-15-31)29-23-25-38-35(26-29)32-16-7-9-18-37(32)44-38/h1-27,44H. The van der Waals surface area contributed by atoms with E-state index in [1.807, 2.05) is 24.3 Å². The van der Waals surface area contributed by atoms with Gasteiger partial charge in [0, 0.05) is 55.0 Å². The highest BCUT2D eigenvalue weighted by Crippen LogP contribution is 2.37. The third-order valence-electron chi connectivity index (χ3n) is 9.41. The minimum Gasteiger partial charge on any atom is -0.355 e. The molecule has 49 heavy (non-hydrogen) atoms. The zero-order valence-electron chi connectivity index (χ0n) is 26.3. The summed E-state index contributed by atoms with van der Waals surface area (Å²) in [7, 11) is 0. The number of H-pyrrole nitrogens is 1. The van der Waals surface area contributed by atoms with Gasteiger partial charge in [-0.25, -0.2) is 4.98 Å². The van der Waals surface area contributed by atoms with Crippen LogP contribution in [0.5, 0.6) is 0 Å². The van der Waals surface area contributed by atoms with Crippen LogP contribution in [0.1, 0.15) is 0 Å². The van der Waals surface area contributed by atoms with E-state index in [0.717, 1.165) is 78.4 Å². The molecule has 0 amide bonds. The van der Waals surface area contributed by atoms with Crippen LogP contribution in [-0.4, -0.2) is 29.3 Å². The number of nitrogens with zero attached hydrogens (tertiary/aromatic N) is 5. The van der Waals surface area contributed by atoms with Gasteiger partial charge in [-0.05, 0) is 60.7 Å². The van der Waals surface area contributed by atoms with Gasteiger partial charge in [-0.15, -0.1) is 10.2 Å². The maximum absolute atomic E-state index is 5.17. The van der Waals surface area contributed by atoms with Crippen molar-refractivity contribution in [2.75, 3.05) is 0 Å². The molecular formula is C43H28N6. The molecule has 10 aromatic rings. The van der Waals surface area contributed by atoms with Crippen LogP contribution in [0.2, 0.25) is 0 Å². The molecule has 0 atom stereocenters. The van der Waals surface area contributed by atoms with Gasteiger partial charge in [0.15, 0.2) is 11.6 Å². The van der Waals surface area contributed by atoms with Crippen molar-refractivity contribution in [3.8, 4) is 45.5 Å². The van der Waals surface area contributed by atoms with E-state index in [0.29, 0.717) is 0 Å². The number of pyridine rings is 1. The Morgan fingerprint density at radius 3 is 1.90 bits per heavy atom. The molecule has 6 aromatic carbocycles. The SMILES string of the molecule is c1ccc(-c2cccc(-n3c4ccccc4c4ccc(-c5nnc(-c6ccc7[nH]c8ccccc8c7c6)n5-c5ccccc5)cc43)n2)cc1. The molecule has 6 heteroatoms. The van der Waals surface area contributed by atoms with E-state index in [1.54, 1.807) is 0 Å². The van der Waals surface area contributed by atoms with E-state index >= 15 is 0 Å². The van der Waals surface area contributed by atoms with Crippen LogP contribution in [0.4, 0.5) is 0 Å². The fourth-order valence-corrected chi connectivity index (χ4v) is 7.14. The Bertz CT molecular complexity index is 2820. The predicted molar refractivity (Wildman–Crippen MR) is 199 cm³/mol. The number of nitrogens with one attached hydrogen (secondary N) is 1. The van der Waals surface area contributed by atoms with Gasteiger partial charge in [-0.3, -0.25) is 9.13 Å². The molecule has 0 bridgehead atoms. The van der Waals surface area contributed by atoms with Crippen LogP contribution in [-0.2, 0) is 0 Å². The van der Waals surface area contributed by atoms with Crippen molar-refractivity contribution in [1.82, 2.24) is 29.3 Å². The van der Waals surface area contributed by atoms with Crippen molar-refractivity contribution in [2.45, 2.75) is 0 Å². The van der Waals surface area contributed by atoms with Crippen LogP contribution < -0.4 is 0 Å². The second-order valence-corrected chi connectivity index (χ2v) is 12.3. The average molecular weight is 629 g/mol. The summed E-state index contributed by atoms with van der Waals surface area (Å²) in [6.07, 6.45) is 0. The molecule has 0 radical (unpaired) electrons. The fourth-order valence-electron chi connectivity index (χ4n) is 7.14. The van der Waals surface area contributed by atoms with Crippen molar-refractivity contribution in [2.24, 2.45) is 0 Å². The lowest BCUT2D eigenvalue weighted by atomic mass is 10.1. The monoisotopic (exact) mass is 628 g/mol. The van der Waals surface area contributed by atoms with Gasteiger partial charge in [0.2, 0.25) is 0 Å². The Morgan fingerprint density at radius 2 is 1.06 bits per heavy atom. The maximum Gasteiger partial charge on any atom is 0.168 e. The highest BCUT2D eigenvalue weighted by Gasteiger charge is 2.21. The number of benzene rings is 6. The highest BCUT2D eigenvalue weighted by molar-refractivity contribution is 6.10. The third kappa shape index (κ3) is 4.38. The first-order valence-electron chi connectivity index (χ1n) is 16.4. The number of rotatable bonds is 5. The summed E-state index contributed by atoms with van der Waals surface area (Å²) in [5, 5.41) is 14.4. The average Bonchev–Trinajstić information content (AvgIpc) is 3.87. The molecule has 230 valence electrons. The van der Waals surface area contributed by atoms with E-state index in [2.05, 4.69) is 154 Å². The molecule has 10 rings (SSSR count). The molecule has 0 unspecified atom stereocenters. The molecule has 0 aliphatic heterocycles. The summed E-state index contributed by atoms with van der Waals surface area (Å²) < 4.78 is 4.42. The van der Waals surface area contributed by atoms with E-state index in [-0.39, 0.29) is 0 Å². The molecule has 0 aliphatic carbocycles. The zero-order valence-corrected chi connectivity index (χ0v) is 26.3. The Hall–Kier alpha value is -6.79. The highest BCUT2D eigenvalue weighted by atomic mass is 15.3. The van der Waals surface area contributed by atoms with Gasteiger partial charge in [0.1, 0.15) is 5.82 Å². The molecular weight excluding hydrogens is 601 g/mol. The summed E-state index contributed by atoms with van der Waals surface area (Å²) in [5.74, 6) is 2.41. The van der Waals surface area contributed by atoms with Gasteiger partial charge < -0.3 is 4.98 Å². The summed E-state index contributed by atoms with van der Waals surface area (Å²) in [5.41, 5.74) is 9.34. The van der Waals surface area contributed by atoms with Crippen LogP contribution >= 0.6 is 0 Å². The molecule has 0 spiro atoms. The Balaban J connectivity index is 1.19. The lowest BCUT2D eigenvalue weighted by Gasteiger charge is -2.12. The second-order valence-electron chi connectivity index (χ2n) is 12.3. The third-order valence-corrected chi connectivity index (χ3v) is 9.41. The number of aromatic nitrogens is 6. The molecule has 4 aromatic heterocycles. The number of aromatic amines is 1. The second kappa shape index (κ2) is 10.9. The van der Waals surface area contributed by atoms with Crippen molar-refractivity contribution in [3.05, 3.63) is 164 Å². The minimum atomic E-state index is 0.768. The van der Waals surface area contributed by atoms with Crippen LogP contribution in [0.15, 0.2) is 164 Å². The quantitative estimate of drug-likeness (QED) is 0.206. The maximum atomic E-state index is 5.17. The van der Waals surface area contributed by atoms with Crippen LogP contribution in [0.25, 0.3) is 89.2 Å². The van der Waals surface area contributed by atoms with Crippen LogP contribution in [0.3, 0.4) is 0 Å². The number of para-hydroxylation sites is 3. The smallest absolute Gasteiger partial charge is 0.168 e. The topological polar surface area (TPSA) is 64.3 Å². The van der Waals surface area contributed by atoms with E-state index < -0.39 is 0 Å². The van der Waals surface area contributed by atoms with Crippen molar-refractivity contribution in [1.29, 1.82) is 0 Å². The Kier molecular flexibility index (Phi) is 6.08. The zero-order chi connectivity index (χ0) is 32.3. The summed E-state index contributed by atoms with van der Waals surface area (Å²) in [4.78, 5) is 8.71. The van der Waals surface area contributed by atoms with Crippen molar-refractivity contribution in [3.63, 3.8) is 0 Å². The van der Waals surface area contributed by atoms with Crippen molar-refractivity contribution >= 4 is 43.6 Å². The van der Waals surface area contributed by atoms with Gasteiger partial charge in [0.25, 0.3) is 0 Å². The molecule has 0 aliphatic rings. The van der Waals surface area contributed by atoms with E-state index in [1.165, 1.54) is 10.8 Å². The molecule has 0 saturated heterocycles. The fraction of sp³-hybridized carbons (Fsp3) is 0. The van der Waals surface area contributed by atoms with Gasteiger partial charge in [-0.1, -0.05) is 103 Å². The largest absolute Gasteiger partial charge is 0.355 e. The molecule has 4 heterocycles. The molecule has 0 saturated carbocycles. The molecule has 1 N–H and O–H groups in total. The first kappa shape index (κ1) is 27.3. The van der Waals surface area contributed by atoms with Gasteiger partial charge in [0.05, 0.1) is 16.7 Å². The lowest BCUT2D eigenvalue weighted by Crippen LogP contribution is -2.01. The van der Waals surface area contributed by atoms with Gasteiger partial charge in [-0.2, -0.15) is 0 Å². The van der Waals surface area contributed by atoms with Crippen molar-refractivity contribution < 1.29 is 0 Å². The Labute approximate surface area is 281 Å². The van der Waals surface area contributed by atoms with Gasteiger partial charge >= 0.3 is 0 Å². The first-order chi connectivity index (χ1) is 24.3. The first-order valence-corrected chi connectivity index (χ1v) is 16.4. The van der Waals surface area contributed by atoms with E-state index in [9.17, 15) is 0 Å². The molecule has 6 nitrogen and oxygen atoms in total. The number of hydrogen-bond donors (Lipinski definition) is 1. The Morgan fingerprint density at radius 1 is 0.408 bits per heavy atom. The summed E-state index contributed by atoms with van der Waals surface area (Å²) in [6.45, 7) is 0. The lowest BCUT2D eigenvalue weighted by molar-refractivity contribution is 1.07. The predicted octanol–water partition coefficient (Wildman–Crippen LogP) is 10.4. The number of hydrogen-bond acceptors (Lipinski definition) is 3. The number of fused-ring (bicyclic) bond motifs is 6. The van der Waals surface area contributed by atoms with Crippen LogP contribution in [0, 0.1) is 0 Å². The summed E-state index contributed by atoms with van der Waals surface area (Å²) >= 11 is 0.